The summed E-state index contributed by atoms with van der Waals surface area (Å²) in [7, 11) is 0. The van der Waals surface area contributed by atoms with Crippen LogP contribution >= 0.6 is 11.3 Å². The van der Waals surface area contributed by atoms with Crippen LogP contribution in [0.4, 0.5) is 10.1 Å². The SMILES string of the molecule is CC(C)c1ccccc1N/C=C(\C#N)c1nc(-c2ccc(F)cc2)cs1. The average molecular weight is 363 g/mol. The molecule has 0 radical (unpaired) electrons. The van der Waals surface area contributed by atoms with Crippen molar-refractivity contribution in [3.63, 3.8) is 0 Å². The maximum Gasteiger partial charge on any atom is 0.136 e. The molecule has 0 spiro atoms. The molecule has 3 rings (SSSR count). The Morgan fingerprint density at radius 1 is 1.19 bits per heavy atom. The first kappa shape index (κ1) is 17.8. The van der Waals surface area contributed by atoms with Gasteiger partial charge in [-0.2, -0.15) is 5.26 Å². The Labute approximate surface area is 156 Å². The van der Waals surface area contributed by atoms with Gasteiger partial charge in [0.15, 0.2) is 0 Å². The standard InChI is InChI=1S/C21H18FN3S/c1-14(2)18-5-3-4-6-19(18)24-12-16(11-23)21-25-20(13-26-21)15-7-9-17(22)10-8-15/h3-10,12-14,24H,1-2H3/b16-12+. The van der Waals surface area contributed by atoms with Gasteiger partial charge < -0.3 is 5.32 Å². The minimum Gasteiger partial charge on any atom is -0.360 e. The number of hydrogen-bond donors (Lipinski definition) is 1. The number of hydrogen-bond acceptors (Lipinski definition) is 4. The van der Waals surface area contributed by atoms with E-state index in [1.165, 1.54) is 29.0 Å². The fourth-order valence-corrected chi connectivity index (χ4v) is 3.37. The monoisotopic (exact) mass is 363 g/mol. The van der Waals surface area contributed by atoms with Crippen LogP contribution in [0, 0.1) is 17.1 Å². The molecule has 26 heavy (non-hydrogen) atoms. The van der Waals surface area contributed by atoms with Gasteiger partial charge in [-0.3, -0.25) is 0 Å². The summed E-state index contributed by atoms with van der Waals surface area (Å²) in [6, 6.07) is 16.4. The molecule has 0 aliphatic heterocycles. The first-order valence-corrected chi connectivity index (χ1v) is 9.14. The van der Waals surface area contributed by atoms with Crippen LogP contribution in [0.25, 0.3) is 16.8 Å². The number of nitriles is 1. The summed E-state index contributed by atoms with van der Waals surface area (Å²) in [4.78, 5) is 4.52. The Morgan fingerprint density at radius 2 is 1.92 bits per heavy atom. The van der Waals surface area contributed by atoms with Gasteiger partial charge in [-0.25, -0.2) is 9.37 Å². The van der Waals surface area contributed by atoms with E-state index in [4.69, 9.17) is 0 Å². The highest BCUT2D eigenvalue weighted by atomic mass is 32.1. The summed E-state index contributed by atoms with van der Waals surface area (Å²) < 4.78 is 13.1. The van der Waals surface area contributed by atoms with Crippen LogP contribution in [-0.4, -0.2) is 4.98 Å². The molecule has 1 heterocycles. The molecule has 130 valence electrons. The normalized spacial score (nSPS) is 11.4. The molecule has 0 amide bonds. The zero-order chi connectivity index (χ0) is 18.5. The van der Waals surface area contributed by atoms with Crippen molar-refractivity contribution in [3.8, 4) is 17.3 Å². The Balaban J connectivity index is 1.85. The zero-order valence-corrected chi connectivity index (χ0v) is 15.3. The Kier molecular flexibility index (Phi) is 5.45. The van der Waals surface area contributed by atoms with Crippen LogP contribution in [0.3, 0.4) is 0 Å². The van der Waals surface area contributed by atoms with Crippen LogP contribution in [0.2, 0.25) is 0 Å². The summed E-state index contributed by atoms with van der Waals surface area (Å²) in [6.45, 7) is 4.26. The number of nitrogens with zero attached hydrogens (tertiary/aromatic N) is 2. The van der Waals surface area contributed by atoms with Crippen molar-refractivity contribution in [1.82, 2.24) is 4.98 Å². The van der Waals surface area contributed by atoms with Crippen LogP contribution < -0.4 is 5.32 Å². The molecule has 5 heteroatoms. The molecule has 0 saturated carbocycles. The first-order valence-electron chi connectivity index (χ1n) is 8.26. The topological polar surface area (TPSA) is 48.7 Å². The minimum atomic E-state index is -0.283. The van der Waals surface area contributed by atoms with Gasteiger partial charge in [-0.1, -0.05) is 32.0 Å². The van der Waals surface area contributed by atoms with E-state index >= 15 is 0 Å². The molecular formula is C21H18FN3S. The van der Waals surface area contributed by atoms with Crippen molar-refractivity contribution in [2.75, 3.05) is 5.32 Å². The van der Waals surface area contributed by atoms with Crippen molar-refractivity contribution in [3.05, 3.63) is 76.5 Å². The van der Waals surface area contributed by atoms with Crippen LogP contribution in [0.15, 0.2) is 60.1 Å². The lowest BCUT2D eigenvalue weighted by molar-refractivity contribution is 0.628. The van der Waals surface area contributed by atoms with Crippen LogP contribution in [-0.2, 0) is 0 Å². The second-order valence-corrected chi connectivity index (χ2v) is 6.96. The third kappa shape index (κ3) is 3.98. The van der Waals surface area contributed by atoms with Crippen molar-refractivity contribution in [2.24, 2.45) is 0 Å². The molecule has 2 aromatic carbocycles. The number of benzene rings is 2. The average Bonchev–Trinajstić information content (AvgIpc) is 3.13. The predicted molar refractivity (Wildman–Crippen MR) is 105 cm³/mol. The third-order valence-corrected chi connectivity index (χ3v) is 4.83. The van der Waals surface area contributed by atoms with Gasteiger partial charge in [0.25, 0.3) is 0 Å². The third-order valence-electron chi connectivity index (χ3n) is 3.95. The molecule has 0 aliphatic rings. The quantitative estimate of drug-likeness (QED) is 0.561. The van der Waals surface area contributed by atoms with Gasteiger partial charge in [0.05, 0.1) is 5.69 Å². The van der Waals surface area contributed by atoms with Gasteiger partial charge in [-0.05, 0) is 41.8 Å². The Hall–Kier alpha value is -2.97. The van der Waals surface area contributed by atoms with Gasteiger partial charge in [0.2, 0.25) is 0 Å². The maximum atomic E-state index is 13.1. The summed E-state index contributed by atoms with van der Waals surface area (Å²) in [5.74, 6) is 0.0948. The van der Waals surface area contributed by atoms with Crippen molar-refractivity contribution in [2.45, 2.75) is 19.8 Å². The summed E-state index contributed by atoms with van der Waals surface area (Å²) in [6.07, 6.45) is 1.69. The number of aromatic nitrogens is 1. The fourth-order valence-electron chi connectivity index (χ4n) is 2.57. The zero-order valence-electron chi connectivity index (χ0n) is 14.5. The van der Waals surface area contributed by atoms with Gasteiger partial charge in [-0.15, -0.1) is 11.3 Å². The minimum absolute atomic E-state index is 0.283. The molecule has 0 aliphatic carbocycles. The van der Waals surface area contributed by atoms with Crippen molar-refractivity contribution in [1.29, 1.82) is 5.26 Å². The lowest BCUT2D eigenvalue weighted by atomic mass is 10.0. The number of para-hydroxylation sites is 1. The number of nitrogens with one attached hydrogen (secondary N) is 1. The van der Waals surface area contributed by atoms with E-state index in [0.717, 1.165) is 16.9 Å². The number of halogens is 1. The molecule has 0 unspecified atom stereocenters. The van der Waals surface area contributed by atoms with Gasteiger partial charge >= 0.3 is 0 Å². The lowest BCUT2D eigenvalue weighted by Gasteiger charge is -2.12. The molecule has 0 atom stereocenters. The van der Waals surface area contributed by atoms with E-state index in [-0.39, 0.29) is 5.82 Å². The summed E-state index contributed by atoms with van der Waals surface area (Å²) in [5.41, 5.74) is 4.18. The van der Waals surface area contributed by atoms with E-state index in [1.807, 2.05) is 23.6 Å². The summed E-state index contributed by atoms with van der Waals surface area (Å²) >= 11 is 1.39. The van der Waals surface area contributed by atoms with Crippen molar-refractivity contribution < 1.29 is 4.39 Å². The van der Waals surface area contributed by atoms with E-state index in [9.17, 15) is 9.65 Å². The molecule has 3 nitrogen and oxygen atoms in total. The van der Waals surface area contributed by atoms with E-state index < -0.39 is 0 Å². The predicted octanol–water partition coefficient (Wildman–Crippen LogP) is 6.05. The molecule has 3 aromatic rings. The van der Waals surface area contributed by atoms with Crippen LogP contribution in [0.5, 0.6) is 0 Å². The van der Waals surface area contributed by atoms with E-state index in [1.54, 1.807) is 18.3 Å². The van der Waals surface area contributed by atoms with Crippen molar-refractivity contribution >= 4 is 22.6 Å². The second kappa shape index (κ2) is 7.94. The smallest absolute Gasteiger partial charge is 0.136 e. The molecule has 1 aromatic heterocycles. The number of anilines is 1. The van der Waals surface area contributed by atoms with Gasteiger partial charge in [0, 0.05) is 22.8 Å². The molecule has 0 saturated heterocycles. The number of allylic oxidation sites excluding steroid dienone is 1. The second-order valence-electron chi connectivity index (χ2n) is 6.10. The lowest BCUT2D eigenvalue weighted by Crippen LogP contribution is -1.97. The van der Waals surface area contributed by atoms with Gasteiger partial charge in [0.1, 0.15) is 22.5 Å². The fraction of sp³-hybridized carbons (Fsp3) is 0.143. The Morgan fingerprint density at radius 3 is 2.62 bits per heavy atom. The molecular weight excluding hydrogens is 345 g/mol. The first-order chi connectivity index (χ1) is 12.6. The highest BCUT2D eigenvalue weighted by Crippen LogP contribution is 2.27. The number of rotatable bonds is 5. The Bertz CT molecular complexity index is 965. The number of thiazole rings is 1. The highest BCUT2D eigenvalue weighted by Gasteiger charge is 2.10. The van der Waals surface area contributed by atoms with E-state index in [0.29, 0.717) is 16.5 Å². The molecule has 1 N–H and O–H groups in total. The van der Waals surface area contributed by atoms with E-state index in [2.05, 4.69) is 36.3 Å². The summed E-state index contributed by atoms with van der Waals surface area (Å²) in [5, 5.41) is 15.2. The maximum absolute atomic E-state index is 13.1. The highest BCUT2D eigenvalue weighted by molar-refractivity contribution is 7.11. The largest absolute Gasteiger partial charge is 0.360 e. The molecule has 0 fully saturated rings. The van der Waals surface area contributed by atoms with Crippen LogP contribution in [0.1, 0.15) is 30.3 Å². The molecule has 0 bridgehead atoms.